The van der Waals surface area contributed by atoms with E-state index in [1.54, 1.807) is 18.3 Å². The fourth-order valence-corrected chi connectivity index (χ4v) is 3.61. The number of carbonyl (C=O) groups is 2. The summed E-state index contributed by atoms with van der Waals surface area (Å²) < 4.78 is 6.76. The van der Waals surface area contributed by atoms with Crippen LogP contribution in [0, 0.1) is 13.8 Å². The molecule has 22 heavy (non-hydrogen) atoms. The molecule has 1 aliphatic heterocycles. The van der Waals surface area contributed by atoms with Crippen LogP contribution in [0.1, 0.15) is 17.5 Å². The standard InChI is InChI=1S/C14H18N3O3S2/c1-4-20-12(19)5-11-13(16-14(15)22-11)10(18)6-17-7-21-9(3)8(17)2/h5,7,13H,4,6H2,1-3H3,(H2,15,16)/q+1. The smallest absolute Gasteiger partial charge is 0.331 e. The van der Waals surface area contributed by atoms with Gasteiger partial charge in [0, 0.05) is 17.9 Å². The average molecular weight is 340 g/mol. The maximum atomic E-state index is 12.5. The minimum Gasteiger partial charge on any atom is -0.463 e. The minimum absolute atomic E-state index is 0.102. The van der Waals surface area contributed by atoms with E-state index in [-0.39, 0.29) is 24.1 Å². The van der Waals surface area contributed by atoms with Gasteiger partial charge in [0.05, 0.1) is 11.5 Å². The minimum atomic E-state index is -0.721. The molecule has 1 aliphatic rings. The lowest BCUT2D eigenvalue weighted by molar-refractivity contribution is -0.685. The lowest BCUT2D eigenvalue weighted by Gasteiger charge is -2.06. The van der Waals surface area contributed by atoms with E-state index < -0.39 is 12.0 Å². The summed E-state index contributed by atoms with van der Waals surface area (Å²) in [6.45, 7) is 6.19. The van der Waals surface area contributed by atoms with Crippen molar-refractivity contribution in [3.63, 3.8) is 0 Å². The highest BCUT2D eigenvalue weighted by molar-refractivity contribution is 8.17. The molecule has 118 valence electrons. The lowest BCUT2D eigenvalue weighted by Crippen LogP contribution is -2.41. The molecule has 0 radical (unpaired) electrons. The maximum Gasteiger partial charge on any atom is 0.331 e. The molecule has 1 aromatic heterocycles. The Morgan fingerprint density at radius 3 is 2.82 bits per heavy atom. The Hall–Kier alpha value is -1.67. The zero-order valence-corrected chi connectivity index (χ0v) is 14.3. The van der Waals surface area contributed by atoms with Crippen LogP contribution in [0.4, 0.5) is 0 Å². The van der Waals surface area contributed by atoms with Crippen LogP contribution in [0.15, 0.2) is 21.5 Å². The summed E-state index contributed by atoms with van der Waals surface area (Å²) in [5, 5.41) is 0.289. The van der Waals surface area contributed by atoms with E-state index in [9.17, 15) is 9.59 Å². The molecular formula is C14H18N3O3S2+. The number of esters is 1. The highest BCUT2D eigenvalue weighted by Crippen LogP contribution is 2.29. The summed E-state index contributed by atoms with van der Waals surface area (Å²) in [6, 6.07) is -0.721. The highest BCUT2D eigenvalue weighted by atomic mass is 32.2. The Balaban J connectivity index is 2.15. The van der Waals surface area contributed by atoms with E-state index in [4.69, 9.17) is 10.5 Å². The number of nitrogens with two attached hydrogens (primary N) is 1. The molecule has 2 N–H and O–H groups in total. The quantitative estimate of drug-likeness (QED) is 0.493. The summed E-state index contributed by atoms with van der Waals surface area (Å²) in [4.78, 5) is 29.9. The summed E-state index contributed by atoms with van der Waals surface area (Å²) in [7, 11) is 0. The van der Waals surface area contributed by atoms with Crippen LogP contribution in [0.25, 0.3) is 0 Å². The molecule has 6 nitrogen and oxygen atoms in total. The predicted molar refractivity (Wildman–Crippen MR) is 86.7 cm³/mol. The van der Waals surface area contributed by atoms with Crippen molar-refractivity contribution >= 4 is 40.0 Å². The average Bonchev–Trinajstić information content (AvgIpc) is 2.96. The van der Waals surface area contributed by atoms with Gasteiger partial charge < -0.3 is 10.5 Å². The number of rotatable bonds is 5. The van der Waals surface area contributed by atoms with Gasteiger partial charge >= 0.3 is 5.97 Å². The number of hydrogen-bond acceptors (Lipinski definition) is 7. The number of aryl methyl sites for hydroxylation is 1. The van der Waals surface area contributed by atoms with Crippen LogP contribution in [-0.2, 0) is 20.9 Å². The number of aromatic nitrogens is 1. The van der Waals surface area contributed by atoms with Crippen LogP contribution < -0.4 is 10.3 Å². The number of thiazole rings is 1. The Bertz CT molecular complexity index is 664. The molecule has 1 aromatic rings. The summed E-state index contributed by atoms with van der Waals surface area (Å²) >= 11 is 2.73. The Morgan fingerprint density at radius 2 is 2.23 bits per heavy atom. The first-order valence-corrected chi connectivity index (χ1v) is 8.48. The summed E-state index contributed by atoms with van der Waals surface area (Å²) in [5.41, 5.74) is 8.66. The zero-order chi connectivity index (χ0) is 16.3. The van der Waals surface area contributed by atoms with E-state index in [2.05, 4.69) is 4.99 Å². The van der Waals surface area contributed by atoms with Crippen molar-refractivity contribution in [3.05, 3.63) is 27.1 Å². The number of thioether (sulfide) groups is 1. The van der Waals surface area contributed by atoms with Gasteiger partial charge in [-0.25, -0.2) is 9.79 Å². The summed E-state index contributed by atoms with van der Waals surface area (Å²) in [6.07, 6.45) is 1.30. The third-order valence-electron chi connectivity index (χ3n) is 3.22. The predicted octanol–water partition coefficient (Wildman–Crippen LogP) is 1.10. The Morgan fingerprint density at radius 1 is 1.50 bits per heavy atom. The zero-order valence-electron chi connectivity index (χ0n) is 12.7. The normalized spacial score (nSPS) is 19.3. The Kier molecular flexibility index (Phi) is 5.36. The van der Waals surface area contributed by atoms with Gasteiger partial charge in [-0.2, -0.15) is 4.57 Å². The van der Waals surface area contributed by atoms with E-state index in [0.717, 1.165) is 17.5 Å². The van der Waals surface area contributed by atoms with Gasteiger partial charge in [-0.05, 0) is 13.8 Å². The number of nitrogens with zero attached hydrogens (tertiary/aromatic N) is 2. The number of carbonyl (C=O) groups excluding carboxylic acids is 2. The first kappa shape index (κ1) is 16.7. The fourth-order valence-electron chi connectivity index (χ4n) is 1.95. The van der Waals surface area contributed by atoms with E-state index in [1.165, 1.54) is 11.0 Å². The van der Waals surface area contributed by atoms with Crippen molar-refractivity contribution in [2.45, 2.75) is 33.4 Å². The molecule has 0 aromatic carbocycles. The first-order valence-electron chi connectivity index (χ1n) is 6.78. The molecule has 2 heterocycles. The van der Waals surface area contributed by atoms with Gasteiger partial charge in [-0.15, -0.1) is 0 Å². The van der Waals surface area contributed by atoms with Gasteiger partial charge in [0.15, 0.2) is 10.9 Å². The van der Waals surface area contributed by atoms with Gasteiger partial charge in [-0.1, -0.05) is 23.1 Å². The summed E-state index contributed by atoms with van der Waals surface area (Å²) in [5.74, 6) is -0.586. The molecule has 0 spiro atoms. The molecular weight excluding hydrogens is 322 g/mol. The van der Waals surface area contributed by atoms with E-state index in [0.29, 0.717) is 4.91 Å². The number of Topliss-reactive ketones (excluding diaryl/α,β-unsaturated/α-hetero) is 1. The van der Waals surface area contributed by atoms with E-state index >= 15 is 0 Å². The van der Waals surface area contributed by atoms with Crippen LogP contribution in [-0.4, -0.2) is 29.6 Å². The molecule has 0 amide bonds. The van der Waals surface area contributed by atoms with Crippen molar-refractivity contribution in [1.29, 1.82) is 0 Å². The SMILES string of the molecule is CCOC(=O)C=C1SC(N)=NC1C(=O)C[n+]1csc(C)c1C. The molecule has 0 fully saturated rings. The van der Waals surface area contributed by atoms with Crippen molar-refractivity contribution < 1.29 is 18.9 Å². The second-order valence-corrected chi connectivity index (χ2v) is 6.88. The number of amidine groups is 1. The van der Waals surface area contributed by atoms with Gasteiger partial charge in [0.25, 0.3) is 0 Å². The molecule has 2 rings (SSSR count). The van der Waals surface area contributed by atoms with Crippen molar-refractivity contribution in [2.24, 2.45) is 10.7 Å². The second-order valence-electron chi connectivity index (χ2n) is 4.73. The number of ketones is 1. The molecule has 8 heteroatoms. The molecule has 0 aliphatic carbocycles. The van der Waals surface area contributed by atoms with Crippen molar-refractivity contribution in [2.75, 3.05) is 6.61 Å². The molecule has 1 atom stereocenters. The highest BCUT2D eigenvalue weighted by Gasteiger charge is 2.33. The first-order chi connectivity index (χ1) is 10.4. The molecule has 0 saturated heterocycles. The lowest BCUT2D eigenvalue weighted by atomic mass is 10.1. The monoisotopic (exact) mass is 340 g/mol. The largest absolute Gasteiger partial charge is 0.463 e. The van der Waals surface area contributed by atoms with Crippen LogP contribution >= 0.6 is 23.1 Å². The maximum absolute atomic E-state index is 12.5. The number of ether oxygens (including phenoxy) is 1. The van der Waals surface area contributed by atoms with E-state index in [1.807, 2.05) is 23.9 Å². The fraction of sp³-hybridized carbons (Fsp3) is 0.429. The van der Waals surface area contributed by atoms with Gasteiger partial charge in [0.1, 0.15) is 6.04 Å². The van der Waals surface area contributed by atoms with Crippen LogP contribution in [0.2, 0.25) is 0 Å². The third-order valence-corrected chi connectivity index (χ3v) is 5.12. The second kappa shape index (κ2) is 7.06. The van der Waals surface area contributed by atoms with Crippen LogP contribution in [0.5, 0.6) is 0 Å². The van der Waals surface area contributed by atoms with Gasteiger partial charge in [-0.3, -0.25) is 4.79 Å². The molecule has 1 unspecified atom stereocenters. The molecule has 0 bridgehead atoms. The van der Waals surface area contributed by atoms with Crippen molar-refractivity contribution in [1.82, 2.24) is 0 Å². The number of aliphatic imine (C=N–C) groups is 1. The Labute approximate surface area is 137 Å². The topological polar surface area (TPSA) is 85.6 Å². The van der Waals surface area contributed by atoms with Crippen LogP contribution in [0.3, 0.4) is 0 Å². The third kappa shape index (κ3) is 3.75. The molecule has 0 saturated carbocycles. The van der Waals surface area contributed by atoms with Crippen molar-refractivity contribution in [3.8, 4) is 0 Å². The van der Waals surface area contributed by atoms with Gasteiger partial charge in [0.2, 0.25) is 17.8 Å². The number of hydrogen-bond donors (Lipinski definition) is 1.